The predicted molar refractivity (Wildman–Crippen MR) is 122 cm³/mol. The number of nitrogens with zero attached hydrogens (tertiary/aromatic N) is 2. The van der Waals surface area contributed by atoms with Crippen LogP contribution in [0.15, 0.2) is 34.0 Å². The van der Waals surface area contributed by atoms with Gasteiger partial charge in [0, 0.05) is 38.6 Å². The van der Waals surface area contributed by atoms with E-state index < -0.39 is 10.0 Å². The number of halogens is 1. The zero-order valence-electron chi connectivity index (χ0n) is 15.8. The van der Waals surface area contributed by atoms with Crippen molar-refractivity contribution in [3.63, 3.8) is 0 Å². The molecular weight excluding hydrogens is 483 g/mol. The number of rotatable bonds is 11. The fraction of sp³-hybridized carbons (Fsp3) is 0.588. The lowest BCUT2D eigenvalue weighted by molar-refractivity contribution is 0.455. The van der Waals surface area contributed by atoms with E-state index in [1.165, 1.54) is 11.3 Å². The van der Waals surface area contributed by atoms with Gasteiger partial charge in [-0.1, -0.05) is 12.5 Å². The van der Waals surface area contributed by atoms with Crippen LogP contribution in [0.1, 0.15) is 30.6 Å². The Labute approximate surface area is 179 Å². The van der Waals surface area contributed by atoms with Gasteiger partial charge < -0.3 is 10.2 Å². The van der Waals surface area contributed by atoms with Gasteiger partial charge in [0.15, 0.2) is 5.96 Å². The molecule has 1 heterocycles. The maximum Gasteiger partial charge on any atom is 0.250 e. The van der Waals surface area contributed by atoms with Crippen LogP contribution in [0.25, 0.3) is 0 Å². The molecule has 2 N–H and O–H groups in total. The van der Waals surface area contributed by atoms with Crippen molar-refractivity contribution in [2.45, 2.75) is 36.8 Å². The molecule has 1 rings (SSSR count). The minimum Gasteiger partial charge on any atom is -0.355 e. The number of hydrogen-bond acceptors (Lipinski definition) is 4. The number of aliphatic imine (C=N–C) groups is 1. The topological polar surface area (TPSA) is 73.8 Å². The Morgan fingerprint density at radius 1 is 1.31 bits per heavy atom. The van der Waals surface area contributed by atoms with Crippen LogP contribution < -0.4 is 10.0 Å². The minimum atomic E-state index is -3.42. The van der Waals surface area contributed by atoms with E-state index in [4.69, 9.17) is 0 Å². The molecule has 0 amide bonds. The molecule has 0 aliphatic carbocycles. The largest absolute Gasteiger partial charge is 0.355 e. The molecule has 0 bridgehead atoms. The summed E-state index contributed by atoms with van der Waals surface area (Å²) in [5.74, 6) is 0.773. The van der Waals surface area contributed by atoms with Crippen molar-refractivity contribution in [2.75, 3.05) is 33.7 Å². The molecule has 0 aromatic carbocycles. The summed E-state index contributed by atoms with van der Waals surface area (Å²) in [6.45, 7) is 7.33. The molecule has 0 aliphatic heterocycles. The molecule has 0 unspecified atom stereocenters. The zero-order chi connectivity index (χ0) is 18.7. The fourth-order valence-electron chi connectivity index (χ4n) is 2.29. The molecule has 1 aromatic heterocycles. The average molecular weight is 514 g/mol. The molecule has 9 heteroatoms. The molecule has 0 spiro atoms. The van der Waals surface area contributed by atoms with Gasteiger partial charge in [-0.2, -0.15) is 0 Å². The van der Waals surface area contributed by atoms with Gasteiger partial charge in [0.05, 0.1) is 0 Å². The summed E-state index contributed by atoms with van der Waals surface area (Å²) >= 11 is 1.27. The molecule has 6 nitrogen and oxygen atoms in total. The van der Waals surface area contributed by atoms with E-state index in [0.29, 0.717) is 17.3 Å². The van der Waals surface area contributed by atoms with E-state index in [0.717, 1.165) is 43.1 Å². The third-order valence-electron chi connectivity index (χ3n) is 3.66. The smallest absolute Gasteiger partial charge is 0.250 e. The number of thiophene rings is 1. The van der Waals surface area contributed by atoms with Crippen molar-refractivity contribution in [1.82, 2.24) is 14.9 Å². The normalized spacial score (nSPS) is 11.7. The molecule has 150 valence electrons. The SMILES string of the molecule is C=CCCCCCN(C)C(=NC)NCCNS(=O)(=O)c1ccc(C)s1.I. The molecule has 26 heavy (non-hydrogen) atoms. The zero-order valence-corrected chi connectivity index (χ0v) is 19.8. The average Bonchev–Trinajstić information content (AvgIpc) is 3.02. The van der Waals surface area contributed by atoms with E-state index in [1.54, 1.807) is 13.1 Å². The fourth-order valence-corrected chi connectivity index (χ4v) is 4.65. The van der Waals surface area contributed by atoms with Crippen molar-refractivity contribution in [3.05, 3.63) is 29.7 Å². The summed E-state index contributed by atoms with van der Waals surface area (Å²) in [6, 6.07) is 3.44. The third kappa shape index (κ3) is 9.33. The second-order valence-electron chi connectivity index (χ2n) is 5.80. The van der Waals surface area contributed by atoms with Crippen LogP contribution in [0.5, 0.6) is 0 Å². The first kappa shape index (κ1) is 25.4. The Morgan fingerprint density at radius 3 is 2.62 bits per heavy atom. The van der Waals surface area contributed by atoms with Crippen LogP contribution in [0.2, 0.25) is 0 Å². The highest BCUT2D eigenvalue weighted by Crippen LogP contribution is 2.19. The maximum atomic E-state index is 12.1. The summed E-state index contributed by atoms with van der Waals surface area (Å²) in [4.78, 5) is 7.28. The van der Waals surface area contributed by atoms with E-state index in [1.807, 2.05) is 26.1 Å². The van der Waals surface area contributed by atoms with Crippen molar-refractivity contribution in [3.8, 4) is 0 Å². The van der Waals surface area contributed by atoms with E-state index in [-0.39, 0.29) is 24.0 Å². The minimum absolute atomic E-state index is 0. The third-order valence-corrected chi connectivity index (χ3v) is 6.61. The monoisotopic (exact) mass is 514 g/mol. The quantitative estimate of drug-likeness (QED) is 0.156. The number of hydrogen-bond donors (Lipinski definition) is 2. The van der Waals surface area contributed by atoms with Crippen LogP contribution in [0.4, 0.5) is 0 Å². The standard InChI is InChI=1S/C17H30N4O2S2.HI/c1-5-6-7-8-9-14-21(4)17(18-3)19-12-13-20-25(22,23)16-11-10-15(2)24-16;/h5,10-11,20H,1,6-9,12-14H2,2-4H3,(H,18,19);1H. The Balaban J connectivity index is 0.00000625. The van der Waals surface area contributed by atoms with Crippen molar-refractivity contribution >= 4 is 51.3 Å². The molecule has 0 fully saturated rings. The van der Waals surface area contributed by atoms with Crippen LogP contribution in [0, 0.1) is 6.92 Å². The lowest BCUT2D eigenvalue weighted by atomic mass is 10.2. The highest BCUT2D eigenvalue weighted by atomic mass is 127. The lowest BCUT2D eigenvalue weighted by Gasteiger charge is -2.22. The van der Waals surface area contributed by atoms with Crippen molar-refractivity contribution in [1.29, 1.82) is 0 Å². The van der Waals surface area contributed by atoms with Gasteiger partial charge in [0.2, 0.25) is 10.0 Å². The number of aryl methyl sites for hydroxylation is 1. The summed E-state index contributed by atoms with van der Waals surface area (Å²) in [5.41, 5.74) is 0. The van der Waals surface area contributed by atoms with Crippen LogP contribution in [-0.2, 0) is 10.0 Å². The Kier molecular flexibility index (Phi) is 13.2. The Morgan fingerprint density at radius 2 is 2.04 bits per heavy atom. The summed E-state index contributed by atoms with van der Waals surface area (Å²) in [6.07, 6.45) is 6.42. The van der Waals surface area contributed by atoms with Crippen LogP contribution in [-0.4, -0.2) is 53.0 Å². The van der Waals surface area contributed by atoms with Gasteiger partial charge >= 0.3 is 0 Å². The van der Waals surface area contributed by atoms with Gasteiger partial charge in [0.1, 0.15) is 4.21 Å². The number of unbranched alkanes of at least 4 members (excludes halogenated alkanes) is 3. The first-order chi connectivity index (χ1) is 11.9. The molecule has 1 aromatic rings. The Hall–Kier alpha value is -0.650. The molecule has 0 atom stereocenters. The van der Waals surface area contributed by atoms with Gasteiger partial charge in [-0.25, -0.2) is 13.1 Å². The second kappa shape index (κ2) is 13.5. The van der Waals surface area contributed by atoms with Gasteiger partial charge in [-0.05, 0) is 38.3 Å². The maximum absolute atomic E-state index is 12.1. The number of allylic oxidation sites excluding steroid dienone is 1. The summed E-state index contributed by atoms with van der Waals surface area (Å²) in [7, 11) is 0.298. The molecule has 0 saturated carbocycles. The summed E-state index contributed by atoms with van der Waals surface area (Å²) in [5, 5.41) is 3.19. The molecule has 0 aliphatic rings. The van der Waals surface area contributed by atoms with Crippen molar-refractivity contribution in [2.24, 2.45) is 4.99 Å². The lowest BCUT2D eigenvalue weighted by Crippen LogP contribution is -2.42. The predicted octanol–water partition coefficient (Wildman–Crippen LogP) is 3.21. The number of sulfonamides is 1. The number of guanidine groups is 1. The van der Waals surface area contributed by atoms with Crippen molar-refractivity contribution < 1.29 is 8.42 Å². The Bertz CT molecular complexity index is 659. The van der Waals surface area contributed by atoms with Gasteiger partial charge in [-0.3, -0.25) is 4.99 Å². The van der Waals surface area contributed by atoms with Gasteiger partial charge in [-0.15, -0.1) is 41.9 Å². The van der Waals surface area contributed by atoms with E-state index >= 15 is 0 Å². The van der Waals surface area contributed by atoms with Crippen LogP contribution >= 0.6 is 35.3 Å². The first-order valence-corrected chi connectivity index (χ1v) is 10.8. The summed E-state index contributed by atoms with van der Waals surface area (Å²) < 4.78 is 27.3. The van der Waals surface area contributed by atoms with E-state index in [9.17, 15) is 8.42 Å². The van der Waals surface area contributed by atoms with Gasteiger partial charge in [0.25, 0.3) is 0 Å². The molecular formula is C17H31IN4O2S2. The first-order valence-electron chi connectivity index (χ1n) is 8.49. The number of nitrogens with one attached hydrogen (secondary N) is 2. The highest BCUT2D eigenvalue weighted by Gasteiger charge is 2.15. The second-order valence-corrected chi connectivity index (χ2v) is 9.08. The highest BCUT2D eigenvalue weighted by molar-refractivity contribution is 14.0. The molecule has 0 radical (unpaired) electrons. The molecule has 0 saturated heterocycles. The van der Waals surface area contributed by atoms with Crippen LogP contribution in [0.3, 0.4) is 0 Å². The van der Waals surface area contributed by atoms with E-state index in [2.05, 4.69) is 26.5 Å².